The molecule has 124 valence electrons. The van der Waals surface area contributed by atoms with Gasteiger partial charge in [0.25, 0.3) is 0 Å². The SMILES string of the molecule is Cc1nc2cc(F)c(-c3ccc(P(C)(C)=O)nc3)cc2c(Cl)c1Cl. The Kier molecular flexibility index (Phi) is 4.41. The van der Waals surface area contributed by atoms with Crippen molar-refractivity contribution in [3.05, 3.63) is 52.0 Å². The summed E-state index contributed by atoms with van der Waals surface area (Å²) in [5, 5.41) is 1.27. The van der Waals surface area contributed by atoms with Crippen LogP contribution in [0.25, 0.3) is 22.0 Å². The van der Waals surface area contributed by atoms with Crippen molar-refractivity contribution < 1.29 is 8.96 Å². The standard InChI is InChI=1S/C17H14Cl2FN2OP/c1-9-16(18)17(19)12-6-11(13(20)7-14(12)22-9)10-4-5-15(21-8-10)24(2,3)23/h4-8H,1-3H3. The summed E-state index contributed by atoms with van der Waals surface area (Å²) in [6, 6.07) is 6.29. The average Bonchev–Trinajstić information content (AvgIpc) is 2.52. The van der Waals surface area contributed by atoms with Gasteiger partial charge in [-0.25, -0.2) is 4.39 Å². The first-order valence-corrected chi connectivity index (χ1v) is 10.5. The highest BCUT2D eigenvalue weighted by atomic mass is 35.5. The topological polar surface area (TPSA) is 42.9 Å². The van der Waals surface area contributed by atoms with E-state index >= 15 is 0 Å². The molecule has 0 aliphatic rings. The molecule has 0 amide bonds. The van der Waals surface area contributed by atoms with Gasteiger partial charge in [-0.1, -0.05) is 29.3 Å². The third-order valence-electron chi connectivity index (χ3n) is 3.73. The van der Waals surface area contributed by atoms with Gasteiger partial charge in [-0.3, -0.25) is 9.97 Å². The Morgan fingerprint density at radius 1 is 1.12 bits per heavy atom. The average molecular weight is 383 g/mol. The quantitative estimate of drug-likeness (QED) is 0.564. The van der Waals surface area contributed by atoms with Crippen molar-refractivity contribution in [3.63, 3.8) is 0 Å². The molecule has 0 spiro atoms. The van der Waals surface area contributed by atoms with Gasteiger partial charge < -0.3 is 4.57 Å². The van der Waals surface area contributed by atoms with Gasteiger partial charge in [0, 0.05) is 28.8 Å². The maximum atomic E-state index is 14.5. The first-order chi connectivity index (χ1) is 11.2. The number of hydrogen-bond acceptors (Lipinski definition) is 3. The second-order valence-corrected chi connectivity index (χ2v) is 9.85. The van der Waals surface area contributed by atoms with Crippen molar-refractivity contribution in [1.29, 1.82) is 0 Å². The number of hydrogen-bond donors (Lipinski definition) is 0. The van der Waals surface area contributed by atoms with Gasteiger partial charge in [-0.2, -0.15) is 0 Å². The zero-order valence-electron chi connectivity index (χ0n) is 13.3. The zero-order valence-corrected chi connectivity index (χ0v) is 15.7. The molecule has 0 aliphatic carbocycles. The van der Waals surface area contributed by atoms with E-state index in [-0.39, 0.29) is 0 Å². The molecule has 0 aliphatic heterocycles. The molecule has 0 bridgehead atoms. The molecule has 0 N–H and O–H groups in total. The molecular formula is C17H14Cl2FN2OP. The number of halogens is 3. The monoisotopic (exact) mass is 382 g/mol. The van der Waals surface area contributed by atoms with Gasteiger partial charge in [0.15, 0.2) is 0 Å². The molecule has 24 heavy (non-hydrogen) atoms. The molecule has 2 aromatic heterocycles. The van der Waals surface area contributed by atoms with Gasteiger partial charge in [-0.15, -0.1) is 0 Å². The predicted molar refractivity (Wildman–Crippen MR) is 98.8 cm³/mol. The summed E-state index contributed by atoms with van der Waals surface area (Å²) < 4.78 is 26.5. The van der Waals surface area contributed by atoms with Crippen molar-refractivity contribution in [2.75, 3.05) is 13.3 Å². The fraction of sp³-hybridized carbons (Fsp3) is 0.176. The predicted octanol–water partition coefficient (Wildman–Crippen LogP) is 5.30. The second kappa shape index (κ2) is 6.11. The van der Waals surface area contributed by atoms with Crippen molar-refractivity contribution in [1.82, 2.24) is 9.97 Å². The molecule has 7 heteroatoms. The lowest BCUT2D eigenvalue weighted by molar-refractivity contribution is 0.588. The summed E-state index contributed by atoms with van der Waals surface area (Å²) in [6.07, 6.45) is 1.51. The van der Waals surface area contributed by atoms with E-state index in [0.717, 1.165) is 0 Å². The highest BCUT2D eigenvalue weighted by molar-refractivity contribution is 7.69. The van der Waals surface area contributed by atoms with Crippen molar-refractivity contribution in [2.24, 2.45) is 0 Å². The Balaban J connectivity index is 2.19. The van der Waals surface area contributed by atoms with E-state index in [0.29, 0.717) is 43.2 Å². The van der Waals surface area contributed by atoms with Crippen molar-refractivity contribution >= 4 is 46.7 Å². The molecule has 3 nitrogen and oxygen atoms in total. The Bertz CT molecular complexity index is 1000. The molecule has 1 aromatic carbocycles. The molecule has 3 rings (SSSR count). The molecule has 0 atom stereocenters. The van der Waals surface area contributed by atoms with Crippen LogP contribution in [0.3, 0.4) is 0 Å². The third kappa shape index (κ3) is 3.06. The molecule has 0 saturated carbocycles. The normalized spacial score (nSPS) is 11.9. The minimum Gasteiger partial charge on any atom is -0.318 e. The number of nitrogens with zero attached hydrogens (tertiary/aromatic N) is 2. The third-order valence-corrected chi connectivity index (χ3v) is 6.05. The summed E-state index contributed by atoms with van der Waals surface area (Å²) in [7, 11) is -2.45. The Hall–Kier alpha value is -1.48. The van der Waals surface area contributed by atoms with E-state index in [2.05, 4.69) is 9.97 Å². The molecule has 0 radical (unpaired) electrons. The van der Waals surface area contributed by atoms with Crippen LogP contribution in [0.15, 0.2) is 30.5 Å². The molecule has 0 saturated heterocycles. The summed E-state index contributed by atoms with van der Waals surface area (Å²) >= 11 is 12.4. The van der Waals surface area contributed by atoms with E-state index in [1.165, 1.54) is 12.3 Å². The minimum absolute atomic E-state index is 0.340. The number of fused-ring (bicyclic) bond motifs is 1. The Morgan fingerprint density at radius 3 is 2.42 bits per heavy atom. The summed E-state index contributed by atoms with van der Waals surface area (Å²) in [5.74, 6) is -0.432. The number of pyridine rings is 2. The van der Waals surface area contributed by atoms with Gasteiger partial charge in [0.2, 0.25) is 0 Å². The number of rotatable bonds is 2. The van der Waals surface area contributed by atoms with Crippen LogP contribution in [0.5, 0.6) is 0 Å². The number of aromatic nitrogens is 2. The largest absolute Gasteiger partial charge is 0.318 e. The summed E-state index contributed by atoms with van der Waals surface area (Å²) in [4.78, 5) is 8.47. The van der Waals surface area contributed by atoms with Crippen molar-refractivity contribution in [3.8, 4) is 11.1 Å². The zero-order chi connectivity index (χ0) is 17.6. The van der Waals surface area contributed by atoms with E-state index < -0.39 is 13.0 Å². The Morgan fingerprint density at radius 2 is 1.83 bits per heavy atom. The van der Waals surface area contributed by atoms with Crippen LogP contribution in [0.1, 0.15) is 5.69 Å². The maximum Gasteiger partial charge on any atom is 0.133 e. The molecule has 3 aromatic rings. The second-order valence-electron chi connectivity index (χ2n) is 5.93. The van der Waals surface area contributed by atoms with Crippen LogP contribution in [0.2, 0.25) is 10.0 Å². The van der Waals surface area contributed by atoms with E-state index in [1.54, 1.807) is 38.5 Å². The summed E-state index contributed by atoms with van der Waals surface area (Å²) in [5.41, 5.74) is 2.41. The maximum absolute atomic E-state index is 14.5. The van der Waals surface area contributed by atoms with Crippen LogP contribution < -0.4 is 5.44 Å². The molecular weight excluding hydrogens is 369 g/mol. The Labute approximate surface area is 149 Å². The fourth-order valence-electron chi connectivity index (χ4n) is 2.42. The lowest BCUT2D eigenvalue weighted by Crippen LogP contribution is -2.07. The number of benzene rings is 1. The van der Waals surface area contributed by atoms with E-state index in [4.69, 9.17) is 23.2 Å². The van der Waals surface area contributed by atoms with Crippen LogP contribution >= 0.6 is 30.3 Å². The first kappa shape index (κ1) is 17.3. The van der Waals surface area contributed by atoms with Gasteiger partial charge in [0.05, 0.1) is 26.7 Å². The molecule has 2 heterocycles. The lowest BCUT2D eigenvalue weighted by atomic mass is 10.0. The van der Waals surface area contributed by atoms with Crippen LogP contribution in [-0.2, 0) is 4.57 Å². The van der Waals surface area contributed by atoms with Crippen LogP contribution in [0.4, 0.5) is 4.39 Å². The first-order valence-electron chi connectivity index (χ1n) is 7.15. The van der Waals surface area contributed by atoms with Gasteiger partial charge >= 0.3 is 0 Å². The highest BCUT2D eigenvalue weighted by Gasteiger charge is 2.16. The van der Waals surface area contributed by atoms with Crippen LogP contribution in [0, 0.1) is 12.7 Å². The van der Waals surface area contributed by atoms with E-state index in [1.807, 2.05) is 0 Å². The van der Waals surface area contributed by atoms with E-state index in [9.17, 15) is 8.96 Å². The number of aryl methyl sites for hydroxylation is 1. The van der Waals surface area contributed by atoms with Crippen LogP contribution in [-0.4, -0.2) is 23.3 Å². The van der Waals surface area contributed by atoms with Gasteiger partial charge in [0.1, 0.15) is 13.0 Å². The van der Waals surface area contributed by atoms with Gasteiger partial charge in [-0.05, 0) is 32.4 Å². The van der Waals surface area contributed by atoms with Crippen molar-refractivity contribution in [2.45, 2.75) is 6.92 Å². The minimum atomic E-state index is -2.45. The molecule has 0 fully saturated rings. The lowest BCUT2D eigenvalue weighted by Gasteiger charge is -2.10. The molecule has 0 unspecified atom stereocenters. The summed E-state index contributed by atoms with van der Waals surface area (Å²) in [6.45, 7) is 5.00. The fourth-order valence-corrected chi connectivity index (χ4v) is 3.62. The smallest absolute Gasteiger partial charge is 0.133 e. The highest BCUT2D eigenvalue weighted by Crippen LogP contribution is 2.37.